The molecule has 0 radical (unpaired) electrons. The normalized spacial score (nSPS) is 20.5. The molecule has 0 aromatic carbocycles. The van der Waals surface area contributed by atoms with Crippen molar-refractivity contribution in [3.05, 3.63) is 18.1 Å². The van der Waals surface area contributed by atoms with Crippen LogP contribution in [0.4, 0.5) is 0 Å². The molecule has 1 aromatic rings. The molecule has 1 aliphatic rings. The molecular formula is C10H16ClN3O. The first-order valence-electron chi connectivity index (χ1n) is 5.00. The molecule has 2 rings (SSSR count). The highest BCUT2D eigenvalue weighted by molar-refractivity contribution is 5.85. The molecular weight excluding hydrogens is 214 g/mol. The highest BCUT2D eigenvalue weighted by Gasteiger charge is 2.15. The van der Waals surface area contributed by atoms with Crippen LogP contribution >= 0.6 is 12.4 Å². The first-order valence-corrected chi connectivity index (χ1v) is 5.00. The number of rotatable bonds is 2. The summed E-state index contributed by atoms with van der Waals surface area (Å²) >= 11 is 0. The van der Waals surface area contributed by atoms with Gasteiger partial charge in [0.2, 0.25) is 5.88 Å². The third-order valence-electron chi connectivity index (χ3n) is 2.38. The Bertz CT molecular complexity index is 302. The van der Waals surface area contributed by atoms with Crippen LogP contribution in [0.1, 0.15) is 18.4 Å². The first-order chi connectivity index (χ1) is 6.86. The Kier molecular flexibility index (Phi) is 4.78. The summed E-state index contributed by atoms with van der Waals surface area (Å²) in [5.74, 6) is 0.716. The van der Waals surface area contributed by atoms with Gasteiger partial charge in [0, 0.05) is 18.3 Å². The van der Waals surface area contributed by atoms with Gasteiger partial charge in [0.25, 0.3) is 0 Å². The number of ether oxygens (including phenoxy) is 1. The molecule has 1 fully saturated rings. The fraction of sp³-hybridized carbons (Fsp3) is 0.600. The van der Waals surface area contributed by atoms with Crippen LogP contribution in [-0.2, 0) is 0 Å². The summed E-state index contributed by atoms with van der Waals surface area (Å²) in [5, 5.41) is 3.31. The van der Waals surface area contributed by atoms with E-state index in [1.807, 2.05) is 6.92 Å². The van der Waals surface area contributed by atoms with E-state index in [0.717, 1.165) is 25.1 Å². The molecule has 1 aromatic heterocycles. The van der Waals surface area contributed by atoms with Crippen molar-refractivity contribution in [2.24, 2.45) is 0 Å². The minimum atomic E-state index is 0. The zero-order chi connectivity index (χ0) is 9.80. The Balaban J connectivity index is 0.00000112. The largest absolute Gasteiger partial charge is 0.473 e. The smallest absolute Gasteiger partial charge is 0.219 e. The van der Waals surface area contributed by atoms with E-state index in [4.69, 9.17) is 4.74 Å². The van der Waals surface area contributed by atoms with Crippen molar-refractivity contribution in [3.63, 3.8) is 0 Å². The zero-order valence-corrected chi connectivity index (χ0v) is 9.59. The highest BCUT2D eigenvalue weighted by Crippen LogP contribution is 2.15. The van der Waals surface area contributed by atoms with E-state index in [0.29, 0.717) is 5.88 Å². The minimum Gasteiger partial charge on any atom is -0.473 e. The predicted octanol–water partition coefficient (Wildman–Crippen LogP) is 1.34. The lowest BCUT2D eigenvalue weighted by atomic mass is 10.1. The van der Waals surface area contributed by atoms with Gasteiger partial charge in [-0.3, -0.25) is 0 Å². The van der Waals surface area contributed by atoms with Crippen LogP contribution in [0.25, 0.3) is 0 Å². The van der Waals surface area contributed by atoms with Crippen molar-refractivity contribution in [2.45, 2.75) is 25.9 Å². The molecule has 15 heavy (non-hydrogen) atoms. The second-order valence-electron chi connectivity index (χ2n) is 3.60. The van der Waals surface area contributed by atoms with Crippen LogP contribution in [0.2, 0.25) is 0 Å². The molecule has 0 aliphatic carbocycles. The standard InChI is InChI=1S/C10H15N3O.ClH/c1-8-5-12-7-13-10(8)14-9-3-2-4-11-6-9;/h5,7,9,11H,2-4,6H2,1H3;1H. The van der Waals surface area contributed by atoms with Gasteiger partial charge in [0.1, 0.15) is 12.4 Å². The lowest BCUT2D eigenvalue weighted by molar-refractivity contribution is 0.159. The average molecular weight is 230 g/mol. The average Bonchev–Trinajstić information content (AvgIpc) is 2.23. The Labute approximate surface area is 95.9 Å². The van der Waals surface area contributed by atoms with Gasteiger partial charge in [-0.25, -0.2) is 9.97 Å². The van der Waals surface area contributed by atoms with Gasteiger partial charge < -0.3 is 10.1 Å². The maximum Gasteiger partial charge on any atom is 0.219 e. The van der Waals surface area contributed by atoms with Gasteiger partial charge in [-0.05, 0) is 26.3 Å². The minimum absolute atomic E-state index is 0. The number of piperidine rings is 1. The number of hydrogen-bond donors (Lipinski definition) is 1. The third kappa shape index (κ3) is 3.32. The van der Waals surface area contributed by atoms with Crippen LogP contribution in [0.15, 0.2) is 12.5 Å². The summed E-state index contributed by atoms with van der Waals surface area (Å²) in [4.78, 5) is 8.04. The van der Waals surface area contributed by atoms with E-state index in [2.05, 4.69) is 15.3 Å². The molecule has 1 saturated heterocycles. The Hall–Kier alpha value is -0.870. The van der Waals surface area contributed by atoms with Crippen molar-refractivity contribution in [1.29, 1.82) is 0 Å². The Morgan fingerprint density at radius 1 is 1.53 bits per heavy atom. The van der Waals surface area contributed by atoms with Gasteiger partial charge in [0.05, 0.1) is 0 Å². The van der Waals surface area contributed by atoms with Crippen molar-refractivity contribution < 1.29 is 4.74 Å². The first kappa shape index (κ1) is 12.2. The molecule has 5 heteroatoms. The van der Waals surface area contributed by atoms with Crippen LogP contribution < -0.4 is 10.1 Å². The van der Waals surface area contributed by atoms with Crippen molar-refractivity contribution in [2.75, 3.05) is 13.1 Å². The quantitative estimate of drug-likeness (QED) is 0.832. The summed E-state index contributed by atoms with van der Waals surface area (Å²) in [5.41, 5.74) is 0.998. The maximum absolute atomic E-state index is 5.77. The number of nitrogens with one attached hydrogen (secondary N) is 1. The third-order valence-corrected chi connectivity index (χ3v) is 2.38. The Morgan fingerprint density at radius 2 is 2.40 bits per heavy atom. The van der Waals surface area contributed by atoms with Crippen LogP contribution in [-0.4, -0.2) is 29.2 Å². The monoisotopic (exact) mass is 229 g/mol. The lowest BCUT2D eigenvalue weighted by Gasteiger charge is -2.23. The summed E-state index contributed by atoms with van der Waals surface area (Å²) in [6.45, 7) is 3.98. The van der Waals surface area contributed by atoms with Gasteiger partial charge in [-0.15, -0.1) is 12.4 Å². The van der Waals surface area contributed by atoms with Crippen LogP contribution in [0, 0.1) is 6.92 Å². The Morgan fingerprint density at radius 3 is 3.07 bits per heavy atom. The van der Waals surface area contributed by atoms with E-state index in [9.17, 15) is 0 Å². The summed E-state index contributed by atoms with van der Waals surface area (Å²) in [6.07, 6.45) is 5.85. The fourth-order valence-electron chi connectivity index (χ4n) is 1.59. The predicted molar refractivity (Wildman–Crippen MR) is 60.5 cm³/mol. The molecule has 0 amide bonds. The van der Waals surface area contributed by atoms with Gasteiger partial charge in [-0.2, -0.15) is 0 Å². The molecule has 0 spiro atoms. The topological polar surface area (TPSA) is 47.0 Å². The molecule has 4 nitrogen and oxygen atoms in total. The second-order valence-corrected chi connectivity index (χ2v) is 3.60. The van der Waals surface area contributed by atoms with Gasteiger partial charge in [-0.1, -0.05) is 0 Å². The van der Waals surface area contributed by atoms with E-state index in [1.54, 1.807) is 6.20 Å². The van der Waals surface area contributed by atoms with Crippen LogP contribution in [0.3, 0.4) is 0 Å². The lowest BCUT2D eigenvalue weighted by Crippen LogP contribution is -2.37. The van der Waals surface area contributed by atoms with E-state index in [-0.39, 0.29) is 18.5 Å². The zero-order valence-electron chi connectivity index (χ0n) is 8.77. The van der Waals surface area contributed by atoms with Gasteiger partial charge >= 0.3 is 0 Å². The molecule has 1 N–H and O–H groups in total. The molecule has 84 valence electrons. The molecule has 1 unspecified atom stereocenters. The number of halogens is 1. The summed E-state index contributed by atoms with van der Waals surface area (Å²) in [7, 11) is 0. The van der Waals surface area contributed by atoms with Crippen molar-refractivity contribution >= 4 is 12.4 Å². The molecule has 1 aliphatic heterocycles. The number of aryl methyl sites for hydroxylation is 1. The summed E-state index contributed by atoms with van der Waals surface area (Å²) in [6, 6.07) is 0. The maximum atomic E-state index is 5.77. The van der Waals surface area contributed by atoms with E-state index in [1.165, 1.54) is 12.7 Å². The number of hydrogen-bond acceptors (Lipinski definition) is 4. The van der Waals surface area contributed by atoms with Crippen LogP contribution in [0.5, 0.6) is 5.88 Å². The molecule has 0 saturated carbocycles. The van der Waals surface area contributed by atoms with E-state index >= 15 is 0 Å². The van der Waals surface area contributed by atoms with E-state index < -0.39 is 0 Å². The molecule has 1 atom stereocenters. The fourth-order valence-corrected chi connectivity index (χ4v) is 1.59. The summed E-state index contributed by atoms with van der Waals surface area (Å²) < 4.78 is 5.77. The number of nitrogens with zero attached hydrogens (tertiary/aromatic N) is 2. The molecule has 2 heterocycles. The van der Waals surface area contributed by atoms with Gasteiger partial charge in [0.15, 0.2) is 0 Å². The highest BCUT2D eigenvalue weighted by atomic mass is 35.5. The second kappa shape index (κ2) is 5.88. The number of aromatic nitrogens is 2. The SMILES string of the molecule is Cc1cncnc1OC1CCCNC1.Cl. The molecule has 0 bridgehead atoms. The van der Waals surface area contributed by atoms with Crippen molar-refractivity contribution in [1.82, 2.24) is 15.3 Å². The van der Waals surface area contributed by atoms with Crippen molar-refractivity contribution in [3.8, 4) is 5.88 Å².